The minimum absolute atomic E-state index is 0.340. The van der Waals surface area contributed by atoms with Crippen LogP contribution in [-0.2, 0) is 62.5 Å². The number of phenolic OH excluding ortho intramolecular Hbond substituents is 1. The summed E-state index contributed by atoms with van der Waals surface area (Å²) >= 11 is 0. The zero-order valence-corrected chi connectivity index (χ0v) is 76.7. The molecular weight excluding hydrogens is 1510 g/mol. The number of methoxy groups -OCH3 is 4. The fourth-order valence-electron chi connectivity index (χ4n) is 12.8. The van der Waals surface area contributed by atoms with Crippen LogP contribution in [0.3, 0.4) is 0 Å². The molecule has 0 heterocycles. The molecule has 648 valence electrons. The van der Waals surface area contributed by atoms with Gasteiger partial charge in [-0.3, -0.25) is 0 Å². The average Bonchev–Trinajstić information content (AvgIpc) is 0.840. The third-order valence-corrected chi connectivity index (χ3v) is 19.9. The first-order valence-corrected chi connectivity index (χ1v) is 44.3. The molecule has 0 unspecified atom stereocenters. The molecule has 0 aromatic heterocycles. The maximum Gasteiger partial charge on any atom is 0.203 e. The van der Waals surface area contributed by atoms with Crippen LogP contribution < -0.4 is 28.4 Å². The second kappa shape index (κ2) is 62.9. The van der Waals surface area contributed by atoms with Crippen molar-refractivity contribution in [1.82, 2.24) is 0 Å². The lowest BCUT2D eigenvalue weighted by atomic mass is 9.98. The molecule has 0 aliphatic rings. The molecule has 0 bridgehead atoms. The first kappa shape index (κ1) is 101. The van der Waals surface area contributed by atoms with Crippen molar-refractivity contribution in [3.63, 3.8) is 0 Å². The number of unbranched alkanes of at least 4 members (excludes halogenated alkanes) is 1. The summed E-state index contributed by atoms with van der Waals surface area (Å²) in [6.45, 7) is 27.9. The number of benzene rings is 14. The highest BCUT2D eigenvalue weighted by atomic mass is 16.5. The predicted octanol–water partition coefficient (Wildman–Crippen LogP) is 30.9. The van der Waals surface area contributed by atoms with E-state index in [9.17, 15) is 0 Å². The van der Waals surface area contributed by atoms with Gasteiger partial charge in [0.25, 0.3) is 0 Å². The van der Waals surface area contributed by atoms with Crippen LogP contribution in [0, 0.1) is 6.92 Å². The maximum atomic E-state index is 8.85. The molecular formula is C115H140O8. The molecule has 8 heteroatoms. The molecule has 0 spiro atoms. The van der Waals surface area contributed by atoms with E-state index in [1.165, 1.54) is 132 Å². The highest BCUT2D eigenvalue weighted by Crippen LogP contribution is 2.38. The van der Waals surface area contributed by atoms with Gasteiger partial charge in [-0.2, -0.15) is 0 Å². The van der Waals surface area contributed by atoms with E-state index in [2.05, 4.69) is 314 Å². The predicted molar refractivity (Wildman–Crippen MR) is 527 cm³/mol. The van der Waals surface area contributed by atoms with Gasteiger partial charge in [0.2, 0.25) is 5.75 Å². The van der Waals surface area contributed by atoms with Crippen LogP contribution in [0.1, 0.15) is 175 Å². The Morgan fingerprint density at radius 1 is 0.301 bits per heavy atom. The highest BCUT2D eigenvalue weighted by Gasteiger charge is 2.12. The van der Waals surface area contributed by atoms with E-state index in [0.717, 1.165) is 81.0 Å². The van der Waals surface area contributed by atoms with E-state index >= 15 is 0 Å². The zero-order chi connectivity index (χ0) is 88.7. The number of hydrogen-bond donors (Lipinski definition) is 1. The van der Waals surface area contributed by atoms with Crippen molar-refractivity contribution >= 4 is 27.1 Å². The van der Waals surface area contributed by atoms with E-state index in [4.69, 9.17) is 38.3 Å². The van der Waals surface area contributed by atoms with Gasteiger partial charge in [0.1, 0.15) is 35.4 Å². The number of para-hydroxylation sites is 2. The highest BCUT2D eigenvalue weighted by molar-refractivity contribution is 5.86. The fourth-order valence-corrected chi connectivity index (χ4v) is 12.8. The Morgan fingerprint density at radius 3 is 1.21 bits per heavy atom. The smallest absolute Gasteiger partial charge is 0.203 e. The Kier molecular flexibility index (Phi) is 51.9. The third kappa shape index (κ3) is 40.0. The van der Waals surface area contributed by atoms with Gasteiger partial charge >= 0.3 is 0 Å². The van der Waals surface area contributed by atoms with Gasteiger partial charge < -0.3 is 38.3 Å². The van der Waals surface area contributed by atoms with Crippen molar-refractivity contribution in [2.45, 2.75) is 173 Å². The zero-order valence-electron chi connectivity index (χ0n) is 76.7. The molecule has 14 rings (SSSR count). The standard InChI is InChI=1S/C15H14.C14H14O.C13H20O.2C13H14.C11H16O3.C11H16O2.C9H12.C8H10O.C8H10/c1-2-15(13-9-5-3-6-10-13)14-11-7-4-8-12-14;1-2-12-8-6-7-11-14(12)15-13-9-4-3-5-10-13;1-3-5-11-14-13-9-7-12(6-4-2)8-10-13;1-2-6-11-8-5-9-12-7-3-4-10-13(11)12;1-2-5-11-8-9-12-6-3-4-7-13(12)10-11;1-5-8-6-9(12-2)11(14-4)10(7-8)13-3;1-3-10-4-6-11(7-5-10)13-9-8-12-2;1-3-9-6-4-8(2)5-7-9;1-2-7-3-5-8(9)6-4-7;1-2-8-6-4-3-5-7-8/h2-12H,1H3;3-11H,2H2,1H3;7-10H,3-6,11H2,1-2H3;3-5,7-10H,2,6H2,1H3;3-4,6-10H,2,5H2,1H3;6-7H,5H2,1-4H3;4-7H,3,8-9H2,1-2H3;4-7H,3H2,1-2H3;3-6,9H,2H2,1H3;3-7H,2H2,1H3. The summed E-state index contributed by atoms with van der Waals surface area (Å²) in [5, 5.41) is 14.3. The minimum Gasteiger partial charge on any atom is -0.508 e. The number of phenols is 1. The van der Waals surface area contributed by atoms with Gasteiger partial charge in [0.15, 0.2) is 11.5 Å². The molecule has 0 saturated carbocycles. The van der Waals surface area contributed by atoms with Crippen molar-refractivity contribution in [2.75, 3.05) is 48.3 Å². The molecule has 0 atom stereocenters. The minimum atomic E-state index is 0.340. The van der Waals surface area contributed by atoms with Crippen LogP contribution in [0.2, 0.25) is 0 Å². The lowest BCUT2D eigenvalue weighted by Gasteiger charge is -2.13. The molecule has 0 aliphatic heterocycles. The van der Waals surface area contributed by atoms with Crippen molar-refractivity contribution < 1.29 is 38.3 Å². The SMILES string of the molecule is CC=C(c1ccccc1)c1ccccc1.CCCCOc1ccc(CCC)cc1.CCCc1ccc2ccccc2c1.CCCc1cccc2ccccc12.CCc1cc(OC)c(OC)c(OC)c1.CCc1ccc(C)cc1.CCc1ccc(O)cc1.CCc1ccc(OCCOC)cc1.CCc1ccccc1.CCc1ccccc1Oc1ccccc1. The van der Waals surface area contributed by atoms with Gasteiger partial charge in [-0.25, -0.2) is 0 Å². The molecule has 14 aromatic carbocycles. The largest absolute Gasteiger partial charge is 0.508 e. The quantitative estimate of drug-likeness (QED) is 0.0510. The second-order valence-corrected chi connectivity index (χ2v) is 29.2. The Hall–Kier alpha value is -12.1. The summed E-state index contributed by atoms with van der Waals surface area (Å²) in [4.78, 5) is 0. The fraction of sp³-hybridized carbons (Fsp3) is 0.287. The van der Waals surface area contributed by atoms with E-state index < -0.39 is 0 Å². The normalized spacial score (nSPS) is 9.92. The molecule has 0 fully saturated rings. The van der Waals surface area contributed by atoms with E-state index in [1.807, 2.05) is 103 Å². The van der Waals surface area contributed by atoms with Crippen LogP contribution in [0.5, 0.6) is 46.0 Å². The lowest BCUT2D eigenvalue weighted by molar-refractivity contribution is 0.146. The summed E-state index contributed by atoms with van der Waals surface area (Å²) in [5.41, 5.74) is 17.3. The Labute approximate surface area is 740 Å². The van der Waals surface area contributed by atoms with Gasteiger partial charge in [0.05, 0.1) is 34.5 Å². The van der Waals surface area contributed by atoms with Crippen molar-refractivity contribution in [1.29, 1.82) is 0 Å². The van der Waals surface area contributed by atoms with Gasteiger partial charge in [-0.15, -0.1) is 0 Å². The van der Waals surface area contributed by atoms with Gasteiger partial charge in [-0.1, -0.05) is 380 Å². The number of fused-ring (bicyclic) bond motifs is 2. The molecule has 123 heavy (non-hydrogen) atoms. The summed E-state index contributed by atoms with van der Waals surface area (Å²) in [7, 11) is 6.52. The molecule has 0 saturated heterocycles. The topological polar surface area (TPSA) is 84.8 Å². The molecule has 0 radical (unpaired) electrons. The van der Waals surface area contributed by atoms with Crippen molar-refractivity contribution in [3.8, 4) is 46.0 Å². The van der Waals surface area contributed by atoms with Gasteiger partial charge in [0, 0.05) is 7.11 Å². The van der Waals surface area contributed by atoms with Crippen molar-refractivity contribution in [3.05, 3.63) is 413 Å². The molecule has 1 N–H and O–H groups in total. The number of rotatable bonds is 27. The first-order chi connectivity index (χ1) is 60.2. The number of aromatic hydroxyl groups is 1. The van der Waals surface area contributed by atoms with Crippen LogP contribution in [0.15, 0.2) is 346 Å². The maximum absolute atomic E-state index is 8.85. The number of aryl methyl sites for hydroxylation is 10. The van der Waals surface area contributed by atoms with Gasteiger partial charge in [-0.05, 0) is 233 Å². The summed E-state index contributed by atoms with van der Waals surface area (Å²) < 4.78 is 37.3. The van der Waals surface area contributed by atoms with E-state index in [0.29, 0.717) is 36.2 Å². The molecule has 0 aliphatic carbocycles. The first-order valence-electron chi connectivity index (χ1n) is 44.3. The third-order valence-electron chi connectivity index (χ3n) is 19.9. The summed E-state index contributed by atoms with van der Waals surface area (Å²) in [6.07, 6.45) is 18.0. The van der Waals surface area contributed by atoms with Crippen LogP contribution in [-0.4, -0.2) is 53.4 Å². The monoisotopic (exact) mass is 1650 g/mol. The Bertz CT molecular complexity index is 4900. The average molecular weight is 1650 g/mol. The Morgan fingerprint density at radius 2 is 0.724 bits per heavy atom. The second-order valence-electron chi connectivity index (χ2n) is 29.2. The van der Waals surface area contributed by atoms with Crippen LogP contribution in [0.4, 0.5) is 0 Å². The van der Waals surface area contributed by atoms with E-state index in [-0.39, 0.29) is 0 Å². The molecule has 8 nitrogen and oxygen atoms in total. The summed E-state index contributed by atoms with van der Waals surface area (Å²) in [5.74, 6) is 6.16. The molecule has 0 amide bonds. The van der Waals surface area contributed by atoms with Crippen LogP contribution in [0.25, 0.3) is 27.1 Å². The molecule has 14 aromatic rings. The number of hydrogen-bond acceptors (Lipinski definition) is 8. The number of ether oxygens (including phenoxy) is 7. The lowest BCUT2D eigenvalue weighted by Crippen LogP contribution is -2.03. The number of allylic oxidation sites excluding steroid dienone is 1. The summed E-state index contributed by atoms with van der Waals surface area (Å²) in [6, 6.07) is 116. The van der Waals surface area contributed by atoms with E-state index in [1.54, 1.807) is 40.6 Å². The Balaban J connectivity index is 0.000000244. The van der Waals surface area contributed by atoms with Crippen LogP contribution >= 0.6 is 0 Å². The van der Waals surface area contributed by atoms with Crippen molar-refractivity contribution in [2.24, 2.45) is 0 Å².